The molecule has 0 bridgehead atoms. The van der Waals surface area contributed by atoms with E-state index in [0.717, 1.165) is 55.5 Å². The van der Waals surface area contributed by atoms with Crippen LogP contribution in [0.5, 0.6) is 0 Å². The molecule has 28 heavy (non-hydrogen) atoms. The largest absolute Gasteiger partial charge is 0.326 e. The minimum absolute atomic E-state index is 0.0350. The van der Waals surface area contributed by atoms with Crippen LogP contribution in [-0.4, -0.2) is 17.5 Å². The van der Waals surface area contributed by atoms with Gasteiger partial charge in [0.2, 0.25) is 11.8 Å². The Morgan fingerprint density at radius 1 is 1.00 bits per heavy atom. The molecule has 0 spiro atoms. The molecular formula is C23H35N3O2. The number of nitrogens with one attached hydrogen (secondary N) is 2. The van der Waals surface area contributed by atoms with Crippen molar-refractivity contribution in [2.45, 2.75) is 84.5 Å². The maximum absolute atomic E-state index is 12.3. The minimum Gasteiger partial charge on any atom is -0.326 e. The summed E-state index contributed by atoms with van der Waals surface area (Å²) in [5.74, 6) is 0.241. The van der Waals surface area contributed by atoms with Crippen LogP contribution in [0.3, 0.4) is 0 Å². The van der Waals surface area contributed by atoms with Crippen LogP contribution in [-0.2, 0) is 9.59 Å². The Balaban J connectivity index is 1.77. The summed E-state index contributed by atoms with van der Waals surface area (Å²) in [6, 6.07) is 7.63. The normalized spacial score (nSPS) is 15.3. The molecule has 1 aliphatic carbocycles. The number of unbranched alkanes of at least 4 members (excludes halogenated alkanes) is 4. The summed E-state index contributed by atoms with van der Waals surface area (Å²) < 4.78 is 0. The van der Waals surface area contributed by atoms with Crippen molar-refractivity contribution < 1.29 is 9.59 Å². The van der Waals surface area contributed by atoms with Gasteiger partial charge in [-0.2, -0.15) is 5.10 Å². The molecule has 0 aliphatic heterocycles. The highest BCUT2D eigenvalue weighted by Crippen LogP contribution is 2.25. The van der Waals surface area contributed by atoms with Crippen LogP contribution in [0.1, 0.15) is 90.0 Å². The van der Waals surface area contributed by atoms with Crippen LogP contribution in [0.2, 0.25) is 0 Å². The highest BCUT2D eigenvalue weighted by atomic mass is 16.2. The van der Waals surface area contributed by atoms with Crippen LogP contribution >= 0.6 is 0 Å². The first-order chi connectivity index (χ1) is 13.6. The van der Waals surface area contributed by atoms with E-state index in [4.69, 9.17) is 0 Å². The Kier molecular flexibility index (Phi) is 9.73. The number of hydrazone groups is 1. The lowest BCUT2D eigenvalue weighted by Gasteiger charge is -2.20. The van der Waals surface area contributed by atoms with E-state index in [9.17, 15) is 9.59 Å². The Hall–Kier alpha value is -2.17. The Bertz CT molecular complexity index is 646. The molecule has 1 aromatic carbocycles. The number of nitrogens with zero attached hydrogens (tertiary/aromatic N) is 1. The summed E-state index contributed by atoms with van der Waals surface area (Å²) in [6.45, 7) is 4.05. The average molecular weight is 386 g/mol. The van der Waals surface area contributed by atoms with Crippen molar-refractivity contribution in [2.75, 3.05) is 5.32 Å². The molecule has 0 saturated heterocycles. The highest BCUT2D eigenvalue weighted by Gasteiger charge is 2.20. The molecule has 2 rings (SSSR count). The fourth-order valence-corrected chi connectivity index (χ4v) is 3.56. The summed E-state index contributed by atoms with van der Waals surface area (Å²) in [5.41, 5.74) is 5.13. The molecule has 1 saturated carbocycles. The van der Waals surface area contributed by atoms with Gasteiger partial charge in [-0.1, -0.05) is 64.0 Å². The number of rotatable bonds is 10. The number of anilines is 1. The number of carbonyl (C=O) groups is 2. The molecule has 5 heteroatoms. The second kappa shape index (κ2) is 12.3. The van der Waals surface area contributed by atoms with Gasteiger partial charge < -0.3 is 5.32 Å². The molecule has 2 N–H and O–H groups in total. The quantitative estimate of drug-likeness (QED) is 0.321. The molecular weight excluding hydrogens is 350 g/mol. The summed E-state index contributed by atoms with van der Waals surface area (Å²) >= 11 is 0. The molecule has 1 aliphatic rings. The van der Waals surface area contributed by atoms with Gasteiger partial charge in [0.1, 0.15) is 0 Å². The zero-order chi connectivity index (χ0) is 20.2. The maximum atomic E-state index is 12.3. The fourth-order valence-electron chi connectivity index (χ4n) is 3.56. The lowest BCUT2D eigenvalue weighted by molar-refractivity contribution is -0.121. The van der Waals surface area contributed by atoms with Crippen LogP contribution < -0.4 is 10.7 Å². The molecule has 2 amide bonds. The first kappa shape index (κ1) is 22.1. The molecule has 154 valence electrons. The molecule has 0 radical (unpaired) electrons. The van der Waals surface area contributed by atoms with Gasteiger partial charge in [0, 0.05) is 18.0 Å². The van der Waals surface area contributed by atoms with E-state index in [1.165, 1.54) is 25.7 Å². The monoisotopic (exact) mass is 385 g/mol. The van der Waals surface area contributed by atoms with Gasteiger partial charge in [0.25, 0.3) is 0 Å². The number of hydrogen-bond acceptors (Lipinski definition) is 3. The molecule has 1 fully saturated rings. The van der Waals surface area contributed by atoms with Crippen molar-refractivity contribution in [3.8, 4) is 0 Å². The molecule has 1 aromatic rings. The van der Waals surface area contributed by atoms with Gasteiger partial charge in [0.05, 0.1) is 5.71 Å². The van der Waals surface area contributed by atoms with E-state index in [1.807, 2.05) is 31.2 Å². The zero-order valence-corrected chi connectivity index (χ0v) is 17.4. The van der Waals surface area contributed by atoms with Crippen molar-refractivity contribution >= 4 is 23.2 Å². The predicted octanol–water partition coefficient (Wildman–Crippen LogP) is 5.41. The number of benzene rings is 1. The third-order valence-corrected chi connectivity index (χ3v) is 5.40. The fraction of sp³-hybridized carbons (Fsp3) is 0.609. The molecule has 0 heterocycles. The summed E-state index contributed by atoms with van der Waals surface area (Å²) in [6.07, 6.45) is 11.7. The van der Waals surface area contributed by atoms with Crippen LogP contribution in [0.4, 0.5) is 5.69 Å². The van der Waals surface area contributed by atoms with Gasteiger partial charge in [-0.25, -0.2) is 5.43 Å². The van der Waals surface area contributed by atoms with Gasteiger partial charge in [-0.15, -0.1) is 0 Å². The third-order valence-electron chi connectivity index (χ3n) is 5.40. The SMILES string of the molecule is CCCCCCCC(=O)N/N=C(/C)c1ccc(NC(=O)C2CCCCC2)cc1. The Morgan fingerprint density at radius 3 is 2.36 bits per heavy atom. The lowest BCUT2D eigenvalue weighted by atomic mass is 9.88. The van der Waals surface area contributed by atoms with E-state index in [1.54, 1.807) is 0 Å². The van der Waals surface area contributed by atoms with E-state index in [-0.39, 0.29) is 17.7 Å². The van der Waals surface area contributed by atoms with Gasteiger partial charge in [-0.05, 0) is 43.9 Å². The van der Waals surface area contributed by atoms with Crippen molar-refractivity contribution in [1.29, 1.82) is 0 Å². The minimum atomic E-state index is -0.0350. The van der Waals surface area contributed by atoms with E-state index in [0.29, 0.717) is 6.42 Å². The first-order valence-electron chi connectivity index (χ1n) is 10.8. The zero-order valence-electron chi connectivity index (χ0n) is 17.4. The van der Waals surface area contributed by atoms with Crippen molar-refractivity contribution in [3.63, 3.8) is 0 Å². The number of hydrogen-bond donors (Lipinski definition) is 2. The Labute approximate surface area is 169 Å². The first-order valence-corrected chi connectivity index (χ1v) is 10.8. The van der Waals surface area contributed by atoms with Gasteiger partial charge in [-0.3, -0.25) is 9.59 Å². The maximum Gasteiger partial charge on any atom is 0.240 e. The Morgan fingerprint density at radius 2 is 1.68 bits per heavy atom. The van der Waals surface area contributed by atoms with Crippen molar-refractivity contribution in [3.05, 3.63) is 29.8 Å². The second-order valence-corrected chi connectivity index (χ2v) is 7.80. The van der Waals surface area contributed by atoms with Gasteiger partial charge >= 0.3 is 0 Å². The predicted molar refractivity (Wildman–Crippen MR) is 115 cm³/mol. The molecule has 0 aromatic heterocycles. The van der Waals surface area contributed by atoms with E-state index < -0.39 is 0 Å². The number of carbonyl (C=O) groups excluding carboxylic acids is 2. The number of amides is 2. The topological polar surface area (TPSA) is 70.6 Å². The van der Waals surface area contributed by atoms with Crippen molar-refractivity contribution in [1.82, 2.24) is 5.43 Å². The van der Waals surface area contributed by atoms with Crippen LogP contribution in [0, 0.1) is 5.92 Å². The molecule has 0 unspecified atom stereocenters. The summed E-state index contributed by atoms with van der Waals surface area (Å²) in [7, 11) is 0. The van der Waals surface area contributed by atoms with Crippen LogP contribution in [0.25, 0.3) is 0 Å². The lowest BCUT2D eigenvalue weighted by Crippen LogP contribution is -2.24. The smallest absolute Gasteiger partial charge is 0.240 e. The van der Waals surface area contributed by atoms with E-state index >= 15 is 0 Å². The van der Waals surface area contributed by atoms with Crippen molar-refractivity contribution in [2.24, 2.45) is 11.0 Å². The average Bonchev–Trinajstić information content (AvgIpc) is 2.73. The summed E-state index contributed by atoms with van der Waals surface area (Å²) in [4.78, 5) is 24.2. The standard InChI is InChI=1S/C23H35N3O2/c1-3-4-5-6-10-13-22(27)26-25-18(2)19-14-16-21(17-15-19)24-23(28)20-11-8-7-9-12-20/h14-17,20H,3-13H2,1-2H3,(H,24,28)(H,26,27)/b25-18-. The molecule has 5 nitrogen and oxygen atoms in total. The van der Waals surface area contributed by atoms with Gasteiger partial charge in [0.15, 0.2) is 0 Å². The van der Waals surface area contributed by atoms with Crippen LogP contribution in [0.15, 0.2) is 29.4 Å². The highest BCUT2D eigenvalue weighted by molar-refractivity contribution is 6.00. The van der Waals surface area contributed by atoms with E-state index in [2.05, 4.69) is 22.8 Å². The summed E-state index contributed by atoms with van der Waals surface area (Å²) in [5, 5.41) is 7.22. The third kappa shape index (κ3) is 7.83. The molecule has 0 atom stereocenters. The second-order valence-electron chi connectivity index (χ2n) is 7.80.